The molecule has 2 aromatic heterocycles. The van der Waals surface area contributed by atoms with Crippen LogP contribution in [0.1, 0.15) is 16.1 Å². The molecule has 1 amide bonds. The van der Waals surface area contributed by atoms with Crippen LogP contribution in [0.5, 0.6) is 5.75 Å². The number of amides is 1. The number of fused-ring (bicyclic) bond motifs is 1. The lowest BCUT2D eigenvalue weighted by molar-refractivity contribution is -0.117. The van der Waals surface area contributed by atoms with Crippen LogP contribution < -0.4 is 10.1 Å². The molecule has 0 fully saturated rings. The maximum Gasteiger partial charge on any atom is 0.294 e. The Labute approximate surface area is 178 Å². The summed E-state index contributed by atoms with van der Waals surface area (Å²) in [4.78, 5) is 25.8. The lowest BCUT2D eigenvalue weighted by Gasteiger charge is -2.08. The average Bonchev–Trinajstić information content (AvgIpc) is 3.17. The van der Waals surface area contributed by atoms with Gasteiger partial charge in [-0.25, -0.2) is 0 Å². The van der Waals surface area contributed by atoms with Crippen LogP contribution in [-0.4, -0.2) is 23.2 Å². The molecular weight excluding hydrogens is 400 g/mol. The summed E-state index contributed by atoms with van der Waals surface area (Å²) in [6.07, 6.45) is 1.78. The topological polar surface area (TPSA) is 59.8 Å². The molecule has 1 N–H and O–H groups in total. The Balaban J connectivity index is 1.66. The van der Waals surface area contributed by atoms with E-state index in [0.29, 0.717) is 16.3 Å². The number of nitrogens with one attached hydrogen (secondary N) is 1. The molecular formula is C24H19ClN2O3. The molecule has 5 nitrogen and oxygen atoms in total. The van der Waals surface area contributed by atoms with Crippen LogP contribution in [0.15, 0.2) is 79.0 Å². The van der Waals surface area contributed by atoms with E-state index in [1.807, 2.05) is 60.7 Å². The number of halogens is 1. The van der Waals surface area contributed by atoms with Crippen molar-refractivity contribution >= 4 is 28.8 Å². The number of ketones is 1. The molecule has 0 saturated heterocycles. The molecule has 2 aromatic carbocycles. The second-order valence-electron chi connectivity index (χ2n) is 6.77. The second kappa shape index (κ2) is 8.43. The van der Waals surface area contributed by atoms with Crippen molar-refractivity contribution in [1.29, 1.82) is 0 Å². The fourth-order valence-corrected chi connectivity index (χ4v) is 3.44. The first-order chi connectivity index (χ1) is 14.6. The van der Waals surface area contributed by atoms with Crippen molar-refractivity contribution in [2.24, 2.45) is 0 Å². The highest BCUT2D eigenvalue weighted by atomic mass is 35.5. The number of nitrogens with zero attached hydrogens (tertiary/aromatic N) is 1. The lowest BCUT2D eigenvalue weighted by atomic mass is 10.0. The predicted molar refractivity (Wildman–Crippen MR) is 117 cm³/mol. The summed E-state index contributed by atoms with van der Waals surface area (Å²) in [5, 5.41) is 3.32. The van der Waals surface area contributed by atoms with E-state index in [-0.39, 0.29) is 6.54 Å². The minimum Gasteiger partial charge on any atom is -0.497 e. The van der Waals surface area contributed by atoms with Crippen LogP contribution in [0.4, 0.5) is 0 Å². The molecule has 0 aliphatic rings. The van der Waals surface area contributed by atoms with Crippen molar-refractivity contribution in [2.75, 3.05) is 7.11 Å². The third-order valence-electron chi connectivity index (χ3n) is 4.87. The number of hydrogen-bond acceptors (Lipinski definition) is 3. The maximum absolute atomic E-state index is 13.1. The van der Waals surface area contributed by atoms with E-state index < -0.39 is 11.7 Å². The fourth-order valence-electron chi connectivity index (χ4n) is 3.32. The number of pyridine rings is 1. The zero-order chi connectivity index (χ0) is 21.1. The van der Waals surface area contributed by atoms with Crippen LogP contribution in [0.3, 0.4) is 0 Å². The van der Waals surface area contributed by atoms with E-state index in [9.17, 15) is 9.59 Å². The van der Waals surface area contributed by atoms with E-state index in [0.717, 1.165) is 22.4 Å². The van der Waals surface area contributed by atoms with E-state index in [2.05, 4.69) is 5.32 Å². The number of ether oxygens (including phenoxy) is 1. The van der Waals surface area contributed by atoms with Crippen molar-refractivity contribution in [1.82, 2.24) is 9.72 Å². The molecule has 30 heavy (non-hydrogen) atoms. The summed E-state index contributed by atoms with van der Waals surface area (Å²) in [5.74, 6) is -0.541. The average molecular weight is 419 g/mol. The van der Waals surface area contributed by atoms with Crippen LogP contribution in [0.25, 0.3) is 16.6 Å². The highest BCUT2D eigenvalue weighted by molar-refractivity contribution is 6.43. The number of aromatic nitrogens is 1. The normalized spacial score (nSPS) is 10.7. The van der Waals surface area contributed by atoms with Crippen LogP contribution in [-0.2, 0) is 11.3 Å². The molecule has 4 aromatic rings. The summed E-state index contributed by atoms with van der Waals surface area (Å²) in [6, 6.07) is 22.0. The van der Waals surface area contributed by atoms with Gasteiger partial charge in [0.1, 0.15) is 11.4 Å². The number of hydrogen-bond donors (Lipinski definition) is 1. The van der Waals surface area contributed by atoms with Gasteiger partial charge in [-0.05, 0) is 53.6 Å². The van der Waals surface area contributed by atoms with E-state index in [1.165, 1.54) is 0 Å². The predicted octanol–water partition coefficient (Wildman–Crippen LogP) is 4.77. The summed E-state index contributed by atoms with van der Waals surface area (Å²) in [6.45, 7) is 0.239. The van der Waals surface area contributed by atoms with Gasteiger partial charge in [-0.15, -0.1) is 0 Å². The summed E-state index contributed by atoms with van der Waals surface area (Å²) in [7, 11) is 1.60. The van der Waals surface area contributed by atoms with Crippen molar-refractivity contribution in [3.63, 3.8) is 0 Å². The molecule has 0 aliphatic heterocycles. The summed E-state index contributed by atoms with van der Waals surface area (Å²) >= 11 is 5.89. The molecule has 0 spiro atoms. The summed E-state index contributed by atoms with van der Waals surface area (Å²) < 4.78 is 6.96. The number of carbonyl (C=O) groups is 2. The smallest absolute Gasteiger partial charge is 0.294 e. The first kappa shape index (κ1) is 19.7. The Morgan fingerprint density at radius 1 is 1.00 bits per heavy atom. The van der Waals surface area contributed by atoms with E-state index in [1.54, 1.807) is 29.8 Å². The van der Waals surface area contributed by atoms with Gasteiger partial charge in [0.15, 0.2) is 0 Å². The lowest BCUT2D eigenvalue weighted by Crippen LogP contribution is -2.31. The molecule has 6 heteroatoms. The Kier molecular flexibility index (Phi) is 5.55. The first-order valence-electron chi connectivity index (χ1n) is 9.38. The van der Waals surface area contributed by atoms with Gasteiger partial charge >= 0.3 is 0 Å². The minimum absolute atomic E-state index is 0.239. The molecule has 150 valence electrons. The van der Waals surface area contributed by atoms with Crippen molar-refractivity contribution in [3.05, 3.63) is 95.3 Å². The first-order valence-corrected chi connectivity index (χ1v) is 9.76. The second-order valence-corrected chi connectivity index (χ2v) is 7.21. The van der Waals surface area contributed by atoms with Crippen LogP contribution >= 0.6 is 11.6 Å². The van der Waals surface area contributed by atoms with Gasteiger partial charge in [-0.2, -0.15) is 0 Å². The summed E-state index contributed by atoms with van der Waals surface area (Å²) in [5.41, 5.74) is 3.53. The van der Waals surface area contributed by atoms with Gasteiger partial charge in [0.2, 0.25) is 0 Å². The Morgan fingerprint density at radius 3 is 2.43 bits per heavy atom. The van der Waals surface area contributed by atoms with Crippen molar-refractivity contribution < 1.29 is 14.3 Å². The largest absolute Gasteiger partial charge is 0.497 e. The quantitative estimate of drug-likeness (QED) is 0.362. The SMILES string of the molecule is COc1ccc(-c2cc3ccccn3c2C(=O)C(=O)NCc2ccc(Cl)cc2)cc1. The van der Waals surface area contributed by atoms with Crippen LogP contribution in [0, 0.1) is 0 Å². The number of carbonyl (C=O) groups excluding carboxylic acids is 2. The van der Waals surface area contributed by atoms with Crippen molar-refractivity contribution in [3.8, 4) is 16.9 Å². The molecule has 4 rings (SSSR count). The van der Waals surface area contributed by atoms with Gasteiger partial charge < -0.3 is 14.5 Å². The molecule has 0 aliphatic carbocycles. The third-order valence-corrected chi connectivity index (χ3v) is 5.12. The van der Waals surface area contributed by atoms with Crippen molar-refractivity contribution in [2.45, 2.75) is 6.54 Å². The molecule has 2 heterocycles. The van der Waals surface area contributed by atoms with Gasteiger partial charge in [0.05, 0.1) is 7.11 Å². The number of Topliss-reactive ketones (excluding diaryl/α,β-unsaturated/α-hetero) is 1. The zero-order valence-electron chi connectivity index (χ0n) is 16.3. The number of rotatable bonds is 6. The highest BCUT2D eigenvalue weighted by Crippen LogP contribution is 2.29. The fraction of sp³-hybridized carbons (Fsp3) is 0.0833. The molecule has 0 unspecified atom stereocenters. The van der Waals surface area contributed by atoms with E-state index in [4.69, 9.17) is 16.3 Å². The zero-order valence-corrected chi connectivity index (χ0v) is 17.0. The molecule has 0 saturated carbocycles. The standard InChI is InChI=1S/C24H19ClN2O3/c1-30-20-11-7-17(8-12-20)21-14-19-4-2-3-13-27(19)22(21)23(28)24(29)26-15-16-5-9-18(25)10-6-16/h2-14H,15H2,1H3,(H,26,29). The molecule has 0 radical (unpaired) electrons. The number of methoxy groups -OCH3 is 1. The minimum atomic E-state index is -0.663. The van der Waals surface area contributed by atoms with E-state index >= 15 is 0 Å². The molecule has 0 atom stereocenters. The van der Waals surface area contributed by atoms with Gasteiger partial charge in [0.25, 0.3) is 11.7 Å². The van der Waals surface area contributed by atoms with Gasteiger partial charge in [-0.1, -0.05) is 41.9 Å². The highest BCUT2D eigenvalue weighted by Gasteiger charge is 2.24. The molecule has 0 bridgehead atoms. The van der Waals surface area contributed by atoms with Gasteiger partial charge in [-0.3, -0.25) is 9.59 Å². The maximum atomic E-state index is 13.1. The monoisotopic (exact) mass is 418 g/mol. The van der Waals surface area contributed by atoms with Gasteiger partial charge in [0, 0.05) is 28.8 Å². The third kappa shape index (κ3) is 3.93. The Morgan fingerprint density at radius 2 is 1.73 bits per heavy atom. The number of benzene rings is 2. The Bertz CT molecular complexity index is 1210. The van der Waals surface area contributed by atoms with Crippen LogP contribution in [0.2, 0.25) is 5.02 Å². The Hall–Kier alpha value is -3.57.